The summed E-state index contributed by atoms with van der Waals surface area (Å²) in [4.78, 5) is 3.33. The Morgan fingerprint density at radius 3 is 2.43 bits per heavy atom. The first-order chi connectivity index (χ1) is 13.2. The number of para-hydroxylation sites is 1. The van der Waals surface area contributed by atoms with E-state index >= 15 is 0 Å². The van der Waals surface area contributed by atoms with E-state index in [1.54, 1.807) is 6.07 Å². The molecule has 0 bridgehead atoms. The molecular weight excluding hydrogens is 421 g/mol. The maximum Gasteiger partial charge on any atom is 0.573 e. The number of ether oxygens (including phenoxy) is 2. The van der Waals surface area contributed by atoms with Gasteiger partial charge in [-0.2, -0.15) is 4.31 Å². The van der Waals surface area contributed by atoms with Crippen molar-refractivity contribution in [1.82, 2.24) is 9.29 Å². The lowest BCUT2D eigenvalue weighted by molar-refractivity contribution is -0.275. The maximum atomic E-state index is 12.8. The lowest BCUT2D eigenvalue weighted by atomic mass is 10.1. The van der Waals surface area contributed by atoms with Gasteiger partial charge in [0.05, 0.1) is 0 Å². The molecule has 0 amide bonds. The van der Waals surface area contributed by atoms with Crippen molar-refractivity contribution in [3.63, 3.8) is 0 Å². The molecule has 6 nitrogen and oxygen atoms in total. The van der Waals surface area contributed by atoms with Crippen LogP contribution in [0.4, 0.5) is 13.2 Å². The van der Waals surface area contributed by atoms with Crippen molar-refractivity contribution in [2.45, 2.75) is 30.2 Å². The van der Waals surface area contributed by atoms with Crippen molar-refractivity contribution in [3.05, 3.63) is 47.7 Å². The van der Waals surface area contributed by atoms with E-state index in [4.69, 9.17) is 16.3 Å². The third-order valence-electron chi connectivity index (χ3n) is 4.12. The fourth-order valence-electron chi connectivity index (χ4n) is 2.84. The number of benzene rings is 1. The highest BCUT2D eigenvalue weighted by atomic mass is 35.5. The van der Waals surface area contributed by atoms with Gasteiger partial charge in [-0.25, -0.2) is 8.42 Å². The zero-order chi connectivity index (χ0) is 20.4. The second-order valence-electron chi connectivity index (χ2n) is 6.02. The van der Waals surface area contributed by atoms with Crippen LogP contribution in [0.1, 0.15) is 12.8 Å². The normalized spacial score (nSPS) is 16.7. The Morgan fingerprint density at radius 1 is 1.11 bits per heavy atom. The second-order valence-corrected chi connectivity index (χ2v) is 8.34. The Kier molecular flexibility index (Phi) is 6.01. The largest absolute Gasteiger partial charge is 0.573 e. The summed E-state index contributed by atoms with van der Waals surface area (Å²) in [5, 5.41) is 0.343. The second kappa shape index (κ2) is 8.14. The molecule has 0 unspecified atom stereocenters. The molecule has 28 heavy (non-hydrogen) atoms. The molecule has 1 fully saturated rings. The monoisotopic (exact) mass is 436 g/mol. The summed E-state index contributed by atoms with van der Waals surface area (Å²) in [5.74, 6) is -0.307. The topological polar surface area (TPSA) is 68.7 Å². The van der Waals surface area contributed by atoms with Crippen LogP contribution in [0.15, 0.2) is 47.6 Å². The van der Waals surface area contributed by atoms with E-state index in [2.05, 4.69) is 9.72 Å². The van der Waals surface area contributed by atoms with E-state index in [0.29, 0.717) is 23.6 Å². The standard InChI is InChI=1S/C17H16ClF3N2O4S/c18-13-11-22-8-5-14(13)26-12-6-9-23(10-7-12)28(24,25)16-4-2-1-3-15(16)27-17(19,20)21/h1-5,8,11-12H,6-7,9-10H2. The number of aromatic nitrogens is 1. The van der Waals surface area contributed by atoms with Gasteiger partial charge in [-0.15, -0.1) is 13.2 Å². The SMILES string of the molecule is O=S(=O)(c1ccccc1OC(F)(F)F)N1CCC(Oc2ccncc2Cl)CC1. The highest BCUT2D eigenvalue weighted by molar-refractivity contribution is 7.89. The molecule has 11 heteroatoms. The Bertz CT molecular complexity index is 932. The highest BCUT2D eigenvalue weighted by Crippen LogP contribution is 2.33. The van der Waals surface area contributed by atoms with Crippen molar-refractivity contribution in [1.29, 1.82) is 0 Å². The quantitative estimate of drug-likeness (QED) is 0.711. The number of hydrogen-bond donors (Lipinski definition) is 0. The minimum Gasteiger partial charge on any atom is -0.489 e. The molecule has 1 aliphatic heterocycles. The van der Waals surface area contributed by atoms with Gasteiger partial charge in [0.15, 0.2) is 0 Å². The number of alkyl halides is 3. The molecule has 1 aromatic heterocycles. The summed E-state index contributed by atoms with van der Waals surface area (Å²) >= 11 is 6.00. The summed E-state index contributed by atoms with van der Waals surface area (Å²) in [5.41, 5.74) is 0. The van der Waals surface area contributed by atoms with Crippen LogP contribution in [-0.2, 0) is 10.0 Å². The predicted molar refractivity (Wildman–Crippen MR) is 94.8 cm³/mol. The fourth-order valence-corrected chi connectivity index (χ4v) is 4.59. The summed E-state index contributed by atoms with van der Waals surface area (Å²) in [6, 6.07) is 6.30. The zero-order valence-corrected chi connectivity index (χ0v) is 16.0. The van der Waals surface area contributed by atoms with Gasteiger partial charge in [0.25, 0.3) is 0 Å². The van der Waals surface area contributed by atoms with Gasteiger partial charge >= 0.3 is 6.36 Å². The lowest BCUT2D eigenvalue weighted by Gasteiger charge is -2.31. The number of halogens is 4. The van der Waals surface area contributed by atoms with Crippen LogP contribution in [0.3, 0.4) is 0 Å². The summed E-state index contributed by atoms with van der Waals surface area (Å²) in [6.45, 7) is 0.187. The third kappa shape index (κ3) is 4.86. The van der Waals surface area contributed by atoms with Gasteiger partial charge in [-0.05, 0) is 25.0 Å². The van der Waals surface area contributed by atoms with Gasteiger partial charge < -0.3 is 9.47 Å². The van der Waals surface area contributed by atoms with Crippen molar-refractivity contribution in [2.24, 2.45) is 0 Å². The van der Waals surface area contributed by atoms with Gasteiger partial charge in [-0.1, -0.05) is 23.7 Å². The first-order valence-corrected chi connectivity index (χ1v) is 10.1. The maximum absolute atomic E-state index is 12.8. The number of sulfonamides is 1. The molecule has 0 radical (unpaired) electrons. The first-order valence-electron chi connectivity index (χ1n) is 8.28. The van der Waals surface area contributed by atoms with Crippen LogP contribution < -0.4 is 9.47 Å². The van der Waals surface area contributed by atoms with Gasteiger partial charge in [-0.3, -0.25) is 4.98 Å². The van der Waals surface area contributed by atoms with Gasteiger partial charge in [0, 0.05) is 31.5 Å². The summed E-state index contributed by atoms with van der Waals surface area (Å²) in [7, 11) is -4.15. The molecule has 2 aromatic rings. The summed E-state index contributed by atoms with van der Waals surface area (Å²) in [6.07, 6.45) is -1.57. The lowest BCUT2D eigenvalue weighted by Crippen LogP contribution is -2.42. The number of pyridine rings is 1. The van der Waals surface area contributed by atoms with E-state index in [1.807, 2.05) is 0 Å². The molecule has 0 N–H and O–H groups in total. The number of piperidine rings is 1. The number of rotatable bonds is 5. The van der Waals surface area contributed by atoms with E-state index in [0.717, 1.165) is 16.4 Å². The van der Waals surface area contributed by atoms with Crippen molar-refractivity contribution in [2.75, 3.05) is 13.1 Å². The Balaban J connectivity index is 1.71. The van der Waals surface area contributed by atoms with Crippen LogP contribution in [0, 0.1) is 0 Å². The minimum atomic E-state index is -4.99. The fraction of sp³-hybridized carbons (Fsp3) is 0.353. The average molecular weight is 437 g/mol. The zero-order valence-electron chi connectivity index (χ0n) is 14.4. The van der Waals surface area contributed by atoms with Crippen LogP contribution in [0.2, 0.25) is 5.02 Å². The van der Waals surface area contributed by atoms with E-state index in [1.165, 1.54) is 24.5 Å². The number of hydrogen-bond acceptors (Lipinski definition) is 5. The smallest absolute Gasteiger partial charge is 0.489 e. The Hall–Kier alpha value is -2.04. The molecule has 1 saturated heterocycles. The molecule has 0 spiro atoms. The van der Waals surface area contributed by atoms with Crippen LogP contribution in [0.25, 0.3) is 0 Å². The molecule has 1 aromatic carbocycles. The molecular formula is C17H16ClF3N2O4S. The minimum absolute atomic E-state index is 0.0933. The molecule has 152 valence electrons. The van der Waals surface area contributed by atoms with Gasteiger partial charge in [0.2, 0.25) is 10.0 Å². The average Bonchev–Trinajstić information content (AvgIpc) is 2.63. The highest BCUT2D eigenvalue weighted by Gasteiger charge is 2.36. The van der Waals surface area contributed by atoms with Crippen LogP contribution in [0.5, 0.6) is 11.5 Å². The first kappa shape index (κ1) is 20.7. The Labute approximate surface area is 164 Å². The molecule has 1 aliphatic rings. The molecule has 0 atom stereocenters. The van der Waals surface area contributed by atoms with Crippen molar-refractivity contribution < 1.29 is 31.1 Å². The molecule has 0 saturated carbocycles. The Morgan fingerprint density at radius 2 is 1.79 bits per heavy atom. The number of nitrogens with zero attached hydrogens (tertiary/aromatic N) is 2. The third-order valence-corrected chi connectivity index (χ3v) is 6.34. The molecule has 2 heterocycles. The summed E-state index contributed by atoms with van der Waals surface area (Å²) < 4.78 is 74.2. The molecule has 3 rings (SSSR count). The van der Waals surface area contributed by atoms with E-state index < -0.39 is 27.0 Å². The van der Waals surface area contributed by atoms with Crippen LogP contribution >= 0.6 is 11.6 Å². The van der Waals surface area contributed by atoms with Crippen LogP contribution in [-0.4, -0.2) is 43.3 Å². The van der Waals surface area contributed by atoms with Crippen molar-refractivity contribution >= 4 is 21.6 Å². The van der Waals surface area contributed by atoms with E-state index in [-0.39, 0.29) is 19.2 Å². The predicted octanol–water partition coefficient (Wildman–Crippen LogP) is 3.87. The van der Waals surface area contributed by atoms with Crippen molar-refractivity contribution in [3.8, 4) is 11.5 Å². The van der Waals surface area contributed by atoms with E-state index in [9.17, 15) is 21.6 Å². The van der Waals surface area contributed by atoms with Gasteiger partial charge in [0.1, 0.15) is 27.5 Å². The molecule has 0 aliphatic carbocycles.